The molecule has 0 unspecified atom stereocenters. The first-order valence-corrected chi connectivity index (χ1v) is 5.87. The molecule has 0 fully saturated rings. The number of amides is 1. The van der Waals surface area contributed by atoms with Crippen LogP contribution in [0.2, 0.25) is 0 Å². The summed E-state index contributed by atoms with van der Waals surface area (Å²) in [5.41, 5.74) is -0.139. The van der Waals surface area contributed by atoms with Crippen LogP contribution >= 0.6 is 0 Å². The molecular weight excluding hydrogens is 264 g/mol. The van der Waals surface area contributed by atoms with Crippen LogP contribution in [0.25, 0.3) is 0 Å². The van der Waals surface area contributed by atoms with E-state index in [4.69, 9.17) is 9.47 Å². The Kier molecular flexibility index (Phi) is 5.52. The van der Waals surface area contributed by atoms with Crippen molar-refractivity contribution in [2.75, 3.05) is 13.7 Å². The van der Waals surface area contributed by atoms with Gasteiger partial charge in [-0.3, -0.25) is 14.9 Å². The summed E-state index contributed by atoms with van der Waals surface area (Å²) in [6, 6.07) is 3.94. The van der Waals surface area contributed by atoms with Crippen molar-refractivity contribution in [3.63, 3.8) is 0 Å². The van der Waals surface area contributed by atoms with E-state index >= 15 is 0 Å². The van der Waals surface area contributed by atoms with E-state index in [9.17, 15) is 14.9 Å². The van der Waals surface area contributed by atoms with Crippen LogP contribution in [0.3, 0.4) is 0 Å². The first-order chi connectivity index (χ1) is 9.49. The second-order valence-electron chi connectivity index (χ2n) is 3.89. The monoisotopic (exact) mass is 280 g/mol. The fourth-order valence-corrected chi connectivity index (χ4v) is 1.43. The van der Waals surface area contributed by atoms with Gasteiger partial charge >= 0.3 is 0 Å². The number of rotatable bonds is 7. The standard InChI is InChI=1S/C13H16N2O5/c1-4-7-14-13(16)9(2)20-12-8-10(15(17)18)5-6-11(12)19-3/h4-6,8-9H,1,7H2,2-3H3,(H,14,16)/t9-/m1/s1. The molecular formula is C13H16N2O5. The molecule has 0 radical (unpaired) electrons. The Morgan fingerprint density at radius 3 is 2.80 bits per heavy atom. The van der Waals surface area contributed by atoms with Gasteiger partial charge in [0.15, 0.2) is 17.6 Å². The second-order valence-corrected chi connectivity index (χ2v) is 3.89. The van der Waals surface area contributed by atoms with E-state index in [1.807, 2.05) is 0 Å². The van der Waals surface area contributed by atoms with Crippen molar-refractivity contribution < 1.29 is 19.2 Å². The molecule has 0 aliphatic carbocycles. The summed E-state index contributed by atoms with van der Waals surface area (Å²) in [5.74, 6) is 0.111. The molecule has 0 saturated heterocycles. The van der Waals surface area contributed by atoms with E-state index in [-0.39, 0.29) is 17.3 Å². The predicted octanol–water partition coefficient (Wildman–Crippen LogP) is 1.67. The van der Waals surface area contributed by atoms with Crippen molar-refractivity contribution in [3.8, 4) is 11.5 Å². The SMILES string of the molecule is C=CCNC(=O)[C@@H](C)Oc1cc([N+](=O)[O-])ccc1OC. The minimum Gasteiger partial charge on any atom is -0.493 e. The lowest BCUT2D eigenvalue weighted by Gasteiger charge is -2.16. The van der Waals surface area contributed by atoms with Crippen LogP contribution in [0.15, 0.2) is 30.9 Å². The number of nitro groups is 1. The maximum absolute atomic E-state index is 11.7. The molecule has 0 aliphatic heterocycles. The molecule has 1 N–H and O–H groups in total. The Morgan fingerprint density at radius 1 is 1.55 bits per heavy atom. The zero-order chi connectivity index (χ0) is 15.1. The number of carbonyl (C=O) groups is 1. The van der Waals surface area contributed by atoms with E-state index in [2.05, 4.69) is 11.9 Å². The summed E-state index contributed by atoms with van der Waals surface area (Å²) in [7, 11) is 1.41. The van der Waals surface area contributed by atoms with E-state index in [0.29, 0.717) is 12.3 Å². The molecule has 0 bridgehead atoms. The molecule has 7 nitrogen and oxygen atoms in total. The highest BCUT2D eigenvalue weighted by molar-refractivity contribution is 5.80. The van der Waals surface area contributed by atoms with Crippen molar-refractivity contribution in [1.29, 1.82) is 0 Å². The number of non-ortho nitro benzene ring substituents is 1. The number of nitrogens with zero attached hydrogens (tertiary/aromatic N) is 1. The molecule has 1 aromatic rings. The van der Waals surface area contributed by atoms with Crippen LogP contribution in [0, 0.1) is 10.1 Å². The van der Waals surface area contributed by atoms with E-state index in [1.54, 1.807) is 6.08 Å². The average molecular weight is 280 g/mol. The molecule has 7 heteroatoms. The number of ether oxygens (including phenoxy) is 2. The normalized spacial score (nSPS) is 11.3. The Hall–Kier alpha value is -2.57. The lowest BCUT2D eigenvalue weighted by molar-refractivity contribution is -0.385. The van der Waals surface area contributed by atoms with E-state index < -0.39 is 11.0 Å². The van der Waals surface area contributed by atoms with Gasteiger partial charge in [0.2, 0.25) is 0 Å². The van der Waals surface area contributed by atoms with Gasteiger partial charge in [0.05, 0.1) is 18.1 Å². The number of benzene rings is 1. The number of nitro benzene ring substituents is 1. The molecule has 0 spiro atoms. The maximum atomic E-state index is 11.7. The van der Waals surface area contributed by atoms with Crippen LogP contribution in [0.1, 0.15) is 6.92 Å². The fraction of sp³-hybridized carbons (Fsp3) is 0.308. The Bertz CT molecular complexity index is 515. The molecule has 1 atom stereocenters. The molecule has 20 heavy (non-hydrogen) atoms. The van der Waals surface area contributed by atoms with Gasteiger partial charge in [-0.2, -0.15) is 0 Å². The quantitative estimate of drug-likeness (QED) is 0.466. The number of hydrogen-bond donors (Lipinski definition) is 1. The molecule has 0 heterocycles. The third kappa shape index (κ3) is 3.98. The van der Waals surface area contributed by atoms with Crippen molar-refractivity contribution >= 4 is 11.6 Å². The summed E-state index contributed by atoms with van der Waals surface area (Å²) in [6.45, 7) is 5.34. The first kappa shape index (κ1) is 15.5. The van der Waals surface area contributed by atoms with E-state index in [1.165, 1.54) is 32.2 Å². The van der Waals surface area contributed by atoms with Gasteiger partial charge in [-0.05, 0) is 13.0 Å². The maximum Gasteiger partial charge on any atom is 0.273 e. The summed E-state index contributed by atoms with van der Waals surface area (Å²) < 4.78 is 10.5. The molecule has 0 aromatic heterocycles. The first-order valence-electron chi connectivity index (χ1n) is 5.87. The number of carbonyl (C=O) groups excluding carboxylic acids is 1. The van der Waals surface area contributed by atoms with Crippen LogP contribution in [-0.4, -0.2) is 30.6 Å². The van der Waals surface area contributed by atoms with Crippen molar-refractivity contribution in [1.82, 2.24) is 5.32 Å². The van der Waals surface area contributed by atoms with Gasteiger partial charge in [0, 0.05) is 12.6 Å². The number of methoxy groups -OCH3 is 1. The Balaban J connectivity index is 2.88. The minimum absolute atomic E-state index is 0.139. The highest BCUT2D eigenvalue weighted by atomic mass is 16.6. The highest BCUT2D eigenvalue weighted by Crippen LogP contribution is 2.31. The summed E-state index contributed by atoms with van der Waals surface area (Å²) >= 11 is 0. The Morgan fingerprint density at radius 2 is 2.25 bits per heavy atom. The zero-order valence-electron chi connectivity index (χ0n) is 11.3. The summed E-state index contributed by atoms with van der Waals surface area (Å²) in [4.78, 5) is 21.9. The smallest absolute Gasteiger partial charge is 0.273 e. The van der Waals surface area contributed by atoms with Crippen molar-refractivity contribution in [2.45, 2.75) is 13.0 Å². The third-order valence-electron chi connectivity index (χ3n) is 2.45. The van der Waals surface area contributed by atoms with Crippen LogP contribution in [0.4, 0.5) is 5.69 Å². The molecule has 0 aliphatic rings. The zero-order valence-corrected chi connectivity index (χ0v) is 11.3. The van der Waals surface area contributed by atoms with Gasteiger partial charge < -0.3 is 14.8 Å². The van der Waals surface area contributed by atoms with Crippen molar-refractivity contribution in [2.24, 2.45) is 0 Å². The van der Waals surface area contributed by atoms with Gasteiger partial charge in [-0.1, -0.05) is 6.08 Å². The molecule has 108 valence electrons. The highest BCUT2D eigenvalue weighted by Gasteiger charge is 2.18. The average Bonchev–Trinajstić information content (AvgIpc) is 2.44. The molecule has 0 saturated carbocycles. The van der Waals surface area contributed by atoms with E-state index in [0.717, 1.165) is 0 Å². The van der Waals surface area contributed by atoms with Gasteiger partial charge in [-0.15, -0.1) is 6.58 Å². The van der Waals surface area contributed by atoms with Gasteiger partial charge in [0.1, 0.15) is 0 Å². The second kappa shape index (κ2) is 7.13. The minimum atomic E-state index is -0.814. The van der Waals surface area contributed by atoms with Crippen LogP contribution in [0.5, 0.6) is 11.5 Å². The molecule has 1 rings (SSSR count). The van der Waals surface area contributed by atoms with Crippen LogP contribution < -0.4 is 14.8 Å². The summed E-state index contributed by atoms with van der Waals surface area (Å²) in [5, 5.41) is 13.3. The van der Waals surface area contributed by atoms with Crippen LogP contribution in [-0.2, 0) is 4.79 Å². The van der Waals surface area contributed by atoms with Gasteiger partial charge in [-0.25, -0.2) is 0 Å². The van der Waals surface area contributed by atoms with Gasteiger partial charge in [0.25, 0.3) is 11.6 Å². The third-order valence-corrected chi connectivity index (χ3v) is 2.45. The lowest BCUT2D eigenvalue weighted by Crippen LogP contribution is -2.36. The fourth-order valence-electron chi connectivity index (χ4n) is 1.43. The number of hydrogen-bond acceptors (Lipinski definition) is 5. The molecule has 1 aromatic carbocycles. The van der Waals surface area contributed by atoms with Crippen molar-refractivity contribution in [3.05, 3.63) is 41.0 Å². The summed E-state index contributed by atoms with van der Waals surface area (Å²) in [6.07, 6.45) is 0.726. The molecule has 1 amide bonds. The lowest BCUT2D eigenvalue weighted by atomic mass is 10.2. The topological polar surface area (TPSA) is 90.7 Å². The predicted molar refractivity (Wildman–Crippen MR) is 72.9 cm³/mol. The Labute approximate surface area is 116 Å². The largest absolute Gasteiger partial charge is 0.493 e. The number of nitrogens with one attached hydrogen (secondary N) is 1.